The van der Waals surface area contributed by atoms with Gasteiger partial charge in [0.05, 0.1) is 11.0 Å². The Kier molecular flexibility index (Phi) is 2.95. The molecule has 1 aromatic heterocycles. The van der Waals surface area contributed by atoms with Crippen molar-refractivity contribution in [2.24, 2.45) is 0 Å². The fourth-order valence-corrected chi connectivity index (χ4v) is 2.71. The molecule has 96 valence electrons. The summed E-state index contributed by atoms with van der Waals surface area (Å²) in [6.45, 7) is 2.08. The largest absolute Gasteiger partial charge is 0.369 e. The topological polar surface area (TPSA) is 43.8 Å². The van der Waals surface area contributed by atoms with Crippen LogP contribution in [0.2, 0.25) is 0 Å². The SMILES string of the molecule is CSc1ccc(-n2c(N)nc3cccc(C)c32)cc1. The number of nitrogens with zero attached hydrogens (tertiary/aromatic N) is 2. The van der Waals surface area contributed by atoms with Crippen molar-refractivity contribution in [2.75, 3.05) is 12.0 Å². The maximum atomic E-state index is 6.07. The fourth-order valence-electron chi connectivity index (χ4n) is 2.31. The van der Waals surface area contributed by atoms with Crippen molar-refractivity contribution in [3.8, 4) is 5.69 Å². The summed E-state index contributed by atoms with van der Waals surface area (Å²) in [6.07, 6.45) is 2.07. The third-order valence-electron chi connectivity index (χ3n) is 3.23. The van der Waals surface area contributed by atoms with Crippen LogP contribution in [0.5, 0.6) is 0 Å². The highest BCUT2D eigenvalue weighted by atomic mass is 32.2. The molecule has 19 heavy (non-hydrogen) atoms. The van der Waals surface area contributed by atoms with E-state index in [0.29, 0.717) is 5.95 Å². The van der Waals surface area contributed by atoms with Crippen LogP contribution in [-0.4, -0.2) is 15.8 Å². The van der Waals surface area contributed by atoms with Gasteiger partial charge in [-0.05, 0) is 49.1 Å². The fraction of sp³-hybridized carbons (Fsp3) is 0.133. The van der Waals surface area contributed by atoms with Crippen LogP contribution in [0.25, 0.3) is 16.7 Å². The van der Waals surface area contributed by atoms with E-state index in [1.54, 1.807) is 11.8 Å². The summed E-state index contributed by atoms with van der Waals surface area (Å²) in [4.78, 5) is 5.67. The number of anilines is 1. The third-order valence-corrected chi connectivity index (χ3v) is 3.98. The van der Waals surface area contributed by atoms with E-state index in [0.717, 1.165) is 16.7 Å². The third kappa shape index (κ3) is 1.98. The van der Waals surface area contributed by atoms with Gasteiger partial charge in [-0.3, -0.25) is 4.57 Å². The molecule has 3 aromatic rings. The van der Waals surface area contributed by atoms with Crippen LogP contribution in [0, 0.1) is 6.92 Å². The van der Waals surface area contributed by atoms with Crippen LogP contribution in [0.15, 0.2) is 47.4 Å². The van der Waals surface area contributed by atoms with Crippen molar-refractivity contribution < 1.29 is 0 Å². The van der Waals surface area contributed by atoms with Gasteiger partial charge in [0, 0.05) is 10.6 Å². The number of aromatic nitrogens is 2. The Labute approximate surface area is 116 Å². The summed E-state index contributed by atoms with van der Waals surface area (Å²) in [6, 6.07) is 14.4. The molecule has 4 heteroatoms. The molecule has 0 amide bonds. The first-order chi connectivity index (χ1) is 9.20. The molecule has 1 heterocycles. The first kappa shape index (κ1) is 12.1. The van der Waals surface area contributed by atoms with Gasteiger partial charge in [0.2, 0.25) is 5.95 Å². The molecule has 0 spiro atoms. The summed E-state index contributed by atoms with van der Waals surface area (Å²) in [7, 11) is 0. The van der Waals surface area contributed by atoms with E-state index >= 15 is 0 Å². The highest BCUT2D eigenvalue weighted by Gasteiger charge is 2.11. The first-order valence-corrected chi connectivity index (χ1v) is 7.31. The van der Waals surface area contributed by atoms with Gasteiger partial charge in [-0.2, -0.15) is 0 Å². The number of imidazole rings is 1. The maximum Gasteiger partial charge on any atom is 0.205 e. The quantitative estimate of drug-likeness (QED) is 0.722. The number of fused-ring (bicyclic) bond motifs is 1. The molecule has 0 aliphatic carbocycles. The maximum absolute atomic E-state index is 6.07. The van der Waals surface area contributed by atoms with E-state index in [4.69, 9.17) is 5.73 Å². The lowest BCUT2D eigenvalue weighted by atomic mass is 10.2. The van der Waals surface area contributed by atoms with Gasteiger partial charge in [0.25, 0.3) is 0 Å². The van der Waals surface area contributed by atoms with E-state index in [1.807, 2.05) is 16.7 Å². The molecule has 0 fully saturated rings. The highest BCUT2D eigenvalue weighted by Crippen LogP contribution is 2.26. The van der Waals surface area contributed by atoms with Gasteiger partial charge in [-0.1, -0.05) is 12.1 Å². The van der Waals surface area contributed by atoms with E-state index < -0.39 is 0 Å². The predicted molar refractivity (Wildman–Crippen MR) is 82.0 cm³/mol. The highest BCUT2D eigenvalue weighted by molar-refractivity contribution is 7.98. The minimum atomic E-state index is 0.529. The average molecular weight is 269 g/mol. The van der Waals surface area contributed by atoms with Gasteiger partial charge in [0.15, 0.2) is 0 Å². The molecule has 3 rings (SSSR count). The Morgan fingerprint density at radius 1 is 1.11 bits per heavy atom. The standard InChI is InChI=1S/C15H15N3S/c1-10-4-3-5-13-14(10)18(15(16)17-13)11-6-8-12(19-2)9-7-11/h3-9H,1-2H3,(H2,16,17). The molecule has 3 nitrogen and oxygen atoms in total. The van der Waals surface area contributed by atoms with Crippen LogP contribution < -0.4 is 5.73 Å². The van der Waals surface area contributed by atoms with E-state index in [2.05, 4.69) is 48.5 Å². The number of rotatable bonds is 2. The average Bonchev–Trinajstić information content (AvgIpc) is 2.76. The van der Waals surface area contributed by atoms with Gasteiger partial charge >= 0.3 is 0 Å². The Bertz CT molecular complexity index is 729. The van der Waals surface area contributed by atoms with Gasteiger partial charge in [-0.15, -0.1) is 11.8 Å². The van der Waals surface area contributed by atoms with E-state index in [9.17, 15) is 0 Å². The van der Waals surface area contributed by atoms with Crippen LogP contribution in [0.3, 0.4) is 0 Å². The van der Waals surface area contributed by atoms with Crippen molar-refractivity contribution in [3.05, 3.63) is 48.0 Å². The van der Waals surface area contributed by atoms with Crippen LogP contribution >= 0.6 is 11.8 Å². The number of thioether (sulfide) groups is 1. The Morgan fingerprint density at radius 3 is 2.53 bits per heavy atom. The summed E-state index contributed by atoms with van der Waals surface area (Å²) in [5.41, 5.74) is 10.3. The van der Waals surface area contributed by atoms with Crippen LogP contribution in [0.4, 0.5) is 5.95 Å². The second-order valence-electron chi connectivity index (χ2n) is 4.45. The molecule has 0 aliphatic heterocycles. The molecule has 0 bridgehead atoms. The second kappa shape index (κ2) is 4.63. The minimum Gasteiger partial charge on any atom is -0.369 e. The monoisotopic (exact) mass is 269 g/mol. The molecule has 0 saturated carbocycles. The summed E-state index contributed by atoms with van der Waals surface area (Å²) < 4.78 is 2.01. The molecule has 0 atom stereocenters. The Hall–Kier alpha value is -1.94. The van der Waals surface area contributed by atoms with Crippen molar-refractivity contribution in [1.29, 1.82) is 0 Å². The predicted octanol–water partition coefficient (Wildman–Crippen LogP) is 3.64. The lowest BCUT2D eigenvalue weighted by Gasteiger charge is -2.08. The summed E-state index contributed by atoms with van der Waals surface area (Å²) in [5, 5.41) is 0. The van der Waals surface area contributed by atoms with E-state index in [-0.39, 0.29) is 0 Å². The summed E-state index contributed by atoms with van der Waals surface area (Å²) in [5.74, 6) is 0.529. The molecule has 0 unspecified atom stereocenters. The number of hydrogen-bond acceptors (Lipinski definition) is 3. The van der Waals surface area contributed by atoms with Crippen molar-refractivity contribution in [1.82, 2.24) is 9.55 Å². The Morgan fingerprint density at radius 2 is 1.84 bits per heavy atom. The number of benzene rings is 2. The lowest BCUT2D eigenvalue weighted by Crippen LogP contribution is -2.01. The Balaban J connectivity index is 2.26. The van der Waals surface area contributed by atoms with Gasteiger partial charge in [0.1, 0.15) is 0 Å². The van der Waals surface area contributed by atoms with Gasteiger partial charge in [-0.25, -0.2) is 4.98 Å². The molecule has 2 N–H and O–H groups in total. The molecule has 0 radical (unpaired) electrons. The van der Waals surface area contributed by atoms with Crippen molar-refractivity contribution >= 4 is 28.7 Å². The zero-order valence-corrected chi connectivity index (χ0v) is 11.7. The van der Waals surface area contributed by atoms with Gasteiger partial charge < -0.3 is 5.73 Å². The minimum absolute atomic E-state index is 0.529. The number of nitrogen functional groups attached to an aromatic ring is 1. The second-order valence-corrected chi connectivity index (χ2v) is 5.33. The molecular formula is C15H15N3S. The molecular weight excluding hydrogens is 254 g/mol. The van der Waals surface area contributed by atoms with Crippen LogP contribution in [0.1, 0.15) is 5.56 Å². The number of aryl methyl sites for hydroxylation is 1. The van der Waals surface area contributed by atoms with Crippen molar-refractivity contribution in [2.45, 2.75) is 11.8 Å². The van der Waals surface area contributed by atoms with E-state index in [1.165, 1.54) is 10.5 Å². The smallest absolute Gasteiger partial charge is 0.205 e. The zero-order valence-electron chi connectivity index (χ0n) is 10.9. The zero-order chi connectivity index (χ0) is 13.4. The normalized spacial score (nSPS) is 11.1. The van der Waals surface area contributed by atoms with Crippen molar-refractivity contribution in [3.63, 3.8) is 0 Å². The number of nitrogens with two attached hydrogens (primary N) is 1. The summed E-state index contributed by atoms with van der Waals surface area (Å²) >= 11 is 1.73. The molecule has 0 saturated heterocycles. The molecule has 0 aliphatic rings. The lowest BCUT2D eigenvalue weighted by molar-refractivity contribution is 1.10. The number of para-hydroxylation sites is 1. The molecule has 2 aromatic carbocycles. The first-order valence-electron chi connectivity index (χ1n) is 6.08. The van der Waals surface area contributed by atoms with Crippen LogP contribution in [-0.2, 0) is 0 Å². The number of hydrogen-bond donors (Lipinski definition) is 1.